The molecule has 0 aliphatic carbocycles. The number of rotatable bonds is 3. The van der Waals surface area contributed by atoms with E-state index in [9.17, 15) is 14.0 Å². The standard InChI is InChI=1S/C23H23FN2O4/c1-26-10-9-23-17(12-26)19(16-8-7-15(29-2)11-18(16)30-23)20(22(28)25-23)21(27)13-3-5-14(24)6-4-13/h3-8,11,17,19-20H,9-10,12H2,1-2H3,(H,25,28)/p+1. The third-order valence-electron chi connectivity index (χ3n) is 6.78. The molecule has 0 radical (unpaired) electrons. The molecule has 2 fully saturated rings. The van der Waals surface area contributed by atoms with E-state index in [0.29, 0.717) is 23.5 Å². The van der Waals surface area contributed by atoms with Crippen molar-refractivity contribution in [2.75, 3.05) is 27.2 Å². The van der Waals surface area contributed by atoms with E-state index in [1.165, 1.54) is 29.2 Å². The van der Waals surface area contributed by atoms with Crippen LogP contribution in [0.2, 0.25) is 0 Å². The number of quaternary nitrogens is 1. The van der Waals surface area contributed by atoms with E-state index in [2.05, 4.69) is 12.4 Å². The zero-order valence-electron chi connectivity index (χ0n) is 16.9. The van der Waals surface area contributed by atoms with Gasteiger partial charge < -0.3 is 19.7 Å². The van der Waals surface area contributed by atoms with Gasteiger partial charge in [0.15, 0.2) is 11.5 Å². The normalized spacial score (nSPS) is 31.6. The SMILES string of the molecule is COc1ccc2c(c1)OC13CC[NH+](C)CC1C2C(C(=O)c1ccc(F)cc1)C(=O)N3. The number of halogens is 1. The van der Waals surface area contributed by atoms with Crippen LogP contribution >= 0.6 is 0 Å². The Morgan fingerprint density at radius 3 is 2.77 bits per heavy atom. The van der Waals surface area contributed by atoms with Crippen LogP contribution in [0.25, 0.3) is 0 Å². The van der Waals surface area contributed by atoms with Crippen molar-refractivity contribution in [3.63, 3.8) is 0 Å². The molecular weight excluding hydrogens is 387 g/mol. The Morgan fingerprint density at radius 2 is 2.03 bits per heavy atom. The number of hydrogen-bond acceptors (Lipinski definition) is 4. The molecule has 1 amide bonds. The Morgan fingerprint density at radius 1 is 1.27 bits per heavy atom. The molecule has 3 aliphatic rings. The minimum atomic E-state index is -0.893. The maximum Gasteiger partial charge on any atom is 0.234 e. The molecule has 2 N–H and O–H groups in total. The molecule has 0 spiro atoms. The average molecular weight is 411 g/mol. The highest BCUT2D eigenvalue weighted by Gasteiger charge is 2.62. The second-order valence-corrected chi connectivity index (χ2v) is 8.53. The monoisotopic (exact) mass is 411 g/mol. The number of carbonyl (C=O) groups is 2. The second-order valence-electron chi connectivity index (χ2n) is 8.53. The van der Waals surface area contributed by atoms with E-state index in [1.54, 1.807) is 7.11 Å². The maximum absolute atomic E-state index is 13.5. The quantitative estimate of drug-likeness (QED) is 0.588. The van der Waals surface area contributed by atoms with Gasteiger partial charge >= 0.3 is 0 Å². The Kier molecular flexibility index (Phi) is 4.32. The third-order valence-corrected chi connectivity index (χ3v) is 6.78. The molecule has 3 heterocycles. The van der Waals surface area contributed by atoms with Crippen molar-refractivity contribution in [1.29, 1.82) is 0 Å². The molecule has 5 atom stereocenters. The molecular formula is C23H24FN2O4+. The predicted octanol–water partition coefficient (Wildman–Crippen LogP) is 1.17. The summed E-state index contributed by atoms with van der Waals surface area (Å²) >= 11 is 0. The fourth-order valence-electron chi connectivity index (χ4n) is 5.31. The van der Waals surface area contributed by atoms with Crippen LogP contribution < -0.4 is 19.7 Å². The highest BCUT2D eigenvalue weighted by molar-refractivity contribution is 6.11. The van der Waals surface area contributed by atoms with E-state index in [4.69, 9.17) is 9.47 Å². The van der Waals surface area contributed by atoms with Crippen LogP contribution in [0, 0.1) is 17.7 Å². The lowest BCUT2D eigenvalue weighted by Gasteiger charge is -2.55. The van der Waals surface area contributed by atoms with Crippen LogP contribution in [0.3, 0.4) is 0 Å². The Balaban J connectivity index is 1.64. The highest BCUT2D eigenvalue weighted by atomic mass is 19.1. The summed E-state index contributed by atoms with van der Waals surface area (Å²) in [4.78, 5) is 28.0. The number of piperidine rings is 2. The van der Waals surface area contributed by atoms with Crippen LogP contribution in [0.15, 0.2) is 42.5 Å². The molecule has 6 nitrogen and oxygen atoms in total. The summed E-state index contributed by atoms with van der Waals surface area (Å²) < 4.78 is 25.2. The zero-order valence-corrected chi connectivity index (χ0v) is 16.9. The largest absolute Gasteiger partial charge is 0.497 e. The number of ketones is 1. The first-order valence-electron chi connectivity index (χ1n) is 10.2. The average Bonchev–Trinajstić information content (AvgIpc) is 2.73. The maximum atomic E-state index is 13.5. The van der Waals surface area contributed by atoms with Gasteiger partial charge in [0.1, 0.15) is 23.2 Å². The van der Waals surface area contributed by atoms with E-state index in [-0.39, 0.29) is 23.5 Å². The van der Waals surface area contributed by atoms with Crippen molar-refractivity contribution in [1.82, 2.24) is 5.32 Å². The number of likely N-dealkylation sites (tertiary alicyclic amines) is 1. The van der Waals surface area contributed by atoms with Crippen LogP contribution in [0.4, 0.5) is 4.39 Å². The van der Waals surface area contributed by atoms with Gasteiger partial charge in [-0.25, -0.2) is 4.39 Å². The number of Topliss-reactive ketones (excluding diaryl/α,β-unsaturated/α-hetero) is 1. The van der Waals surface area contributed by atoms with Crippen molar-refractivity contribution in [2.45, 2.75) is 18.1 Å². The molecule has 2 bridgehead atoms. The van der Waals surface area contributed by atoms with Crippen molar-refractivity contribution < 1.29 is 28.4 Å². The lowest BCUT2D eigenvalue weighted by atomic mass is 9.63. The summed E-state index contributed by atoms with van der Waals surface area (Å²) in [6.07, 6.45) is 0.667. The number of methoxy groups -OCH3 is 1. The Labute approximate surface area is 174 Å². The van der Waals surface area contributed by atoms with E-state index in [0.717, 1.165) is 18.7 Å². The van der Waals surface area contributed by atoms with Crippen LogP contribution in [0.1, 0.15) is 28.3 Å². The van der Waals surface area contributed by atoms with Gasteiger partial charge in [0.05, 0.1) is 39.6 Å². The first-order chi connectivity index (χ1) is 14.4. The molecule has 0 aromatic heterocycles. The van der Waals surface area contributed by atoms with Crippen LogP contribution in [-0.2, 0) is 4.79 Å². The molecule has 30 heavy (non-hydrogen) atoms. The number of ether oxygens (including phenoxy) is 2. The predicted molar refractivity (Wildman–Crippen MR) is 106 cm³/mol. The summed E-state index contributed by atoms with van der Waals surface area (Å²) in [7, 11) is 3.71. The molecule has 5 rings (SSSR count). The molecule has 7 heteroatoms. The number of amides is 1. The zero-order chi connectivity index (χ0) is 21.0. The van der Waals surface area contributed by atoms with Gasteiger partial charge in [-0.2, -0.15) is 0 Å². The molecule has 2 aromatic rings. The van der Waals surface area contributed by atoms with Crippen LogP contribution in [-0.4, -0.2) is 44.7 Å². The Hall–Kier alpha value is -2.93. The number of carbonyl (C=O) groups excluding carboxylic acids is 2. The first kappa shape index (κ1) is 19.1. The van der Waals surface area contributed by atoms with Gasteiger partial charge in [-0.1, -0.05) is 6.07 Å². The molecule has 2 aromatic carbocycles. The summed E-state index contributed by atoms with van der Waals surface area (Å²) in [5.74, 6) is -0.986. The molecule has 156 valence electrons. The van der Waals surface area contributed by atoms with Crippen molar-refractivity contribution in [3.05, 3.63) is 59.4 Å². The van der Waals surface area contributed by atoms with Gasteiger partial charge in [0.25, 0.3) is 0 Å². The smallest absolute Gasteiger partial charge is 0.234 e. The fraction of sp³-hybridized carbons (Fsp3) is 0.391. The topological polar surface area (TPSA) is 69.1 Å². The minimum absolute atomic E-state index is 0.0424. The number of fused-ring (bicyclic) bond motifs is 2. The molecule has 2 saturated heterocycles. The van der Waals surface area contributed by atoms with E-state index >= 15 is 0 Å². The number of nitrogens with one attached hydrogen (secondary N) is 2. The number of hydrogen-bond donors (Lipinski definition) is 2. The highest BCUT2D eigenvalue weighted by Crippen LogP contribution is 2.53. The van der Waals surface area contributed by atoms with Crippen LogP contribution in [0.5, 0.6) is 11.5 Å². The molecule has 5 unspecified atom stereocenters. The van der Waals surface area contributed by atoms with Crippen molar-refractivity contribution in [2.24, 2.45) is 11.8 Å². The molecule has 0 saturated carbocycles. The van der Waals surface area contributed by atoms with Gasteiger partial charge in [-0.3, -0.25) is 9.59 Å². The third kappa shape index (κ3) is 2.80. The van der Waals surface area contributed by atoms with Crippen molar-refractivity contribution >= 4 is 11.7 Å². The molecule has 3 aliphatic heterocycles. The second kappa shape index (κ2) is 6.80. The van der Waals surface area contributed by atoms with Crippen molar-refractivity contribution in [3.8, 4) is 11.5 Å². The summed E-state index contributed by atoms with van der Waals surface area (Å²) in [5, 5.41) is 3.06. The van der Waals surface area contributed by atoms with Gasteiger partial charge in [0.2, 0.25) is 5.91 Å². The summed E-state index contributed by atoms with van der Waals surface area (Å²) in [5.41, 5.74) is 0.365. The van der Waals surface area contributed by atoms with Gasteiger partial charge in [0, 0.05) is 17.5 Å². The summed E-state index contributed by atoms with van der Waals surface area (Å²) in [6, 6.07) is 10.9. The van der Waals surface area contributed by atoms with Gasteiger partial charge in [-0.05, 0) is 35.9 Å². The van der Waals surface area contributed by atoms with E-state index < -0.39 is 17.5 Å². The lowest BCUT2D eigenvalue weighted by Crippen LogP contribution is -3.13. The van der Waals surface area contributed by atoms with E-state index in [1.807, 2.05) is 18.2 Å². The lowest BCUT2D eigenvalue weighted by molar-refractivity contribution is -0.892. The Bertz CT molecular complexity index is 1020. The number of benzene rings is 2. The fourth-order valence-corrected chi connectivity index (χ4v) is 5.31. The first-order valence-corrected chi connectivity index (χ1v) is 10.2. The van der Waals surface area contributed by atoms with Gasteiger partial charge in [-0.15, -0.1) is 0 Å². The minimum Gasteiger partial charge on any atom is -0.497 e. The summed E-state index contributed by atoms with van der Waals surface area (Å²) in [6.45, 7) is 1.64.